The minimum absolute atomic E-state index is 0.113. The molecule has 0 saturated carbocycles. The highest BCUT2D eigenvalue weighted by Gasteiger charge is 2.16. The molecule has 10 heteroatoms. The van der Waals surface area contributed by atoms with Crippen LogP contribution in [-0.4, -0.2) is 36.0 Å². The summed E-state index contributed by atoms with van der Waals surface area (Å²) in [6.07, 6.45) is 6.72. The normalized spacial score (nSPS) is 11.9. The largest absolute Gasteiger partial charge is 0.365 e. The number of amides is 1. The number of hydrogen-bond acceptors (Lipinski definition) is 7. The molecule has 0 saturated heterocycles. The van der Waals surface area contributed by atoms with Gasteiger partial charge in [0.05, 0.1) is 47.8 Å². The Morgan fingerprint density at radius 3 is 2.63 bits per heavy atom. The number of benzene rings is 1. The number of nitrogens with two attached hydrogens (primary N) is 1. The van der Waals surface area contributed by atoms with E-state index in [9.17, 15) is 9.18 Å². The number of pyridine rings is 2. The van der Waals surface area contributed by atoms with Crippen LogP contribution in [0.3, 0.4) is 0 Å². The number of anilines is 1. The maximum Gasteiger partial charge on any atom is 0.252 e. The van der Waals surface area contributed by atoms with Crippen molar-refractivity contribution in [2.45, 2.75) is 19.4 Å². The molecule has 4 heterocycles. The monoisotopic (exact) mass is 468 g/mol. The van der Waals surface area contributed by atoms with Crippen molar-refractivity contribution in [2.75, 3.05) is 5.32 Å². The fourth-order valence-electron chi connectivity index (χ4n) is 3.72. The number of aromatic nitrogens is 6. The summed E-state index contributed by atoms with van der Waals surface area (Å²) >= 11 is 0. The number of nitrogens with zero attached hydrogens (tertiary/aromatic N) is 5. The SMILES string of the molecule is C[C@@H](c1ccc(F)cc1)c1ccc(C(N)=O)c(NCc2cnc(-c3cnc4[nH]ncc4c3)cn2)n1. The van der Waals surface area contributed by atoms with Gasteiger partial charge in [-0.3, -0.25) is 19.9 Å². The second-order valence-electron chi connectivity index (χ2n) is 8.05. The number of halogens is 1. The second kappa shape index (κ2) is 9.26. The molecule has 1 aromatic carbocycles. The van der Waals surface area contributed by atoms with E-state index in [0.29, 0.717) is 28.5 Å². The average Bonchev–Trinajstić information content (AvgIpc) is 3.35. The van der Waals surface area contributed by atoms with Crippen molar-refractivity contribution in [2.24, 2.45) is 5.73 Å². The molecule has 35 heavy (non-hydrogen) atoms. The molecule has 5 aromatic rings. The van der Waals surface area contributed by atoms with Gasteiger partial charge in [0.15, 0.2) is 5.65 Å². The predicted octanol–water partition coefficient (Wildman–Crippen LogP) is 3.81. The van der Waals surface area contributed by atoms with E-state index < -0.39 is 5.91 Å². The van der Waals surface area contributed by atoms with Gasteiger partial charge in [0.2, 0.25) is 0 Å². The molecule has 0 spiro atoms. The summed E-state index contributed by atoms with van der Waals surface area (Å²) in [5.41, 5.74) is 10.3. The van der Waals surface area contributed by atoms with Gasteiger partial charge in [-0.1, -0.05) is 19.1 Å². The summed E-state index contributed by atoms with van der Waals surface area (Å²) in [5.74, 6) is -0.655. The molecule has 0 radical (unpaired) electrons. The van der Waals surface area contributed by atoms with E-state index >= 15 is 0 Å². The number of aromatic amines is 1. The van der Waals surface area contributed by atoms with Gasteiger partial charge in [-0.15, -0.1) is 0 Å². The summed E-state index contributed by atoms with van der Waals surface area (Å²) in [6.45, 7) is 2.25. The van der Waals surface area contributed by atoms with Crippen molar-refractivity contribution < 1.29 is 9.18 Å². The van der Waals surface area contributed by atoms with Crippen molar-refractivity contribution in [1.29, 1.82) is 0 Å². The molecule has 0 bridgehead atoms. The number of nitrogens with one attached hydrogen (secondary N) is 2. The van der Waals surface area contributed by atoms with Gasteiger partial charge in [0.25, 0.3) is 5.91 Å². The van der Waals surface area contributed by atoms with Gasteiger partial charge < -0.3 is 11.1 Å². The fourth-order valence-corrected chi connectivity index (χ4v) is 3.72. The molecule has 0 aliphatic rings. The molecular formula is C25H21FN8O. The number of H-pyrrole nitrogens is 1. The van der Waals surface area contributed by atoms with Crippen LogP contribution < -0.4 is 11.1 Å². The lowest BCUT2D eigenvalue weighted by Gasteiger charge is -2.15. The van der Waals surface area contributed by atoms with E-state index in [-0.39, 0.29) is 23.8 Å². The number of rotatable bonds is 7. The van der Waals surface area contributed by atoms with Gasteiger partial charge >= 0.3 is 0 Å². The molecule has 0 aliphatic heterocycles. The zero-order valence-electron chi connectivity index (χ0n) is 18.7. The maximum absolute atomic E-state index is 13.3. The van der Waals surface area contributed by atoms with Crippen molar-refractivity contribution in [3.63, 3.8) is 0 Å². The van der Waals surface area contributed by atoms with Crippen LogP contribution in [0.2, 0.25) is 0 Å². The van der Waals surface area contributed by atoms with Crippen LogP contribution in [-0.2, 0) is 6.54 Å². The molecule has 5 rings (SSSR count). The Balaban J connectivity index is 1.34. The highest BCUT2D eigenvalue weighted by molar-refractivity contribution is 5.97. The lowest BCUT2D eigenvalue weighted by atomic mass is 9.96. The molecule has 1 atom stereocenters. The molecule has 4 N–H and O–H groups in total. The van der Waals surface area contributed by atoms with Crippen LogP contribution in [0.5, 0.6) is 0 Å². The molecule has 174 valence electrons. The van der Waals surface area contributed by atoms with Crippen LogP contribution in [0.1, 0.15) is 40.2 Å². The first-order chi connectivity index (χ1) is 17.0. The summed E-state index contributed by atoms with van der Waals surface area (Å²) < 4.78 is 13.3. The van der Waals surface area contributed by atoms with E-state index in [2.05, 4.69) is 35.5 Å². The van der Waals surface area contributed by atoms with Crippen molar-refractivity contribution >= 4 is 22.8 Å². The molecule has 4 aromatic heterocycles. The van der Waals surface area contributed by atoms with E-state index in [1.54, 1.807) is 49.1 Å². The molecule has 0 aliphatic carbocycles. The second-order valence-corrected chi connectivity index (χ2v) is 8.05. The molecule has 1 amide bonds. The Morgan fingerprint density at radius 1 is 1.06 bits per heavy atom. The van der Waals surface area contributed by atoms with E-state index in [1.165, 1.54) is 12.1 Å². The average molecular weight is 468 g/mol. The lowest BCUT2D eigenvalue weighted by Crippen LogP contribution is -2.17. The quantitative estimate of drug-likeness (QED) is 0.330. The summed E-state index contributed by atoms with van der Waals surface area (Å²) in [6, 6.07) is 11.6. The Labute approximate surface area is 199 Å². The molecule has 9 nitrogen and oxygen atoms in total. The smallest absolute Gasteiger partial charge is 0.252 e. The predicted molar refractivity (Wildman–Crippen MR) is 129 cm³/mol. The number of carbonyl (C=O) groups is 1. The third-order valence-corrected chi connectivity index (χ3v) is 5.73. The summed E-state index contributed by atoms with van der Waals surface area (Å²) in [7, 11) is 0. The Morgan fingerprint density at radius 2 is 1.89 bits per heavy atom. The third kappa shape index (κ3) is 4.67. The minimum Gasteiger partial charge on any atom is -0.365 e. The summed E-state index contributed by atoms with van der Waals surface area (Å²) in [5, 5.41) is 10.8. The minimum atomic E-state index is -0.593. The first-order valence-corrected chi connectivity index (χ1v) is 10.9. The number of primary amides is 1. The van der Waals surface area contributed by atoms with Crippen molar-refractivity contribution in [3.8, 4) is 11.3 Å². The van der Waals surface area contributed by atoms with Crippen LogP contribution in [0.15, 0.2) is 67.3 Å². The molecular weight excluding hydrogens is 447 g/mol. The third-order valence-electron chi connectivity index (χ3n) is 5.73. The van der Waals surface area contributed by atoms with Crippen molar-refractivity contribution in [3.05, 3.63) is 95.6 Å². The van der Waals surface area contributed by atoms with Gasteiger partial charge in [0, 0.05) is 23.1 Å². The van der Waals surface area contributed by atoms with Gasteiger partial charge in [-0.2, -0.15) is 5.10 Å². The van der Waals surface area contributed by atoms with Crippen LogP contribution >= 0.6 is 0 Å². The number of fused-ring (bicyclic) bond motifs is 1. The maximum atomic E-state index is 13.3. The zero-order valence-corrected chi connectivity index (χ0v) is 18.7. The van der Waals surface area contributed by atoms with Gasteiger partial charge in [0.1, 0.15) is 11.6 Å². The molecule has 0 unspecified atom stereocenters. The zero-order chi connectivity index (χ0) is 24.4. The van der Waals surface area contributed by atoms with Gasteiger partial charge in [-0.05, 0) is 35.9 Å². The van der Waals surface area contributed by atoms with Crippen LogP contribution in [0, 0.1) is 5.82 Å². The Hall–Kier alpha value is -4.73. The highest BCUT2D eigenvalue weighted by Crippen LogP contribution is 2.26. The van der Waals surface area contributed by atoms with E-state index in [4.69, 9.17) is 5.73 Å². The van der Waals surface area contributed by atoms with Crippen molar-refractivity contribution in [1.82, 2.24) is 30.1 Å². The highest BCUT2D eigenvalue weighted by atomic mass is 19.1. The Kier molecular flexibility index (Phi) is 5.84. The number of hydrogen-bond donors (Lipinski definition) is 3. The van der Waals surface area contributed by atoms with Gasteiger partial charge in [-0.25, -0.2) is 14.4 Å². The first-order valence-electron chi connectivity index (χ1n) is 10.9. The van der Waals surface area contributed by atoms with E-state index in [1.807, 2.05) is 13.0 Å². The molecule has 0 fully saturated rings. The first kappa shape index (κ1) is 22.1. The lowest BCUT2D eigenvalue weighted by molar-refractivity contribution is 0.100. The summed E-state index contributed by atoms with van der Waals surface area (Å²) in [4.78, 5) is 29.9. The fraction of sp³-hybridized carbons (Fsp3) is 0.120. The van der Waals surface area contributed by atoms with Crippen LogP contribution in [0.4, 0.5) is 10.2 Å². The van der Waals surface area contributed by atoms with E-state index in [0.717, 1.165) is 16.5 Å². The number of carbonyl (C=O) groups excluding carboxylic acids is 1. The standard InChI is InChI=1S/C25H21FN8O/c1-14(15-2-4-18(26)5-3-15)21-7-6-20(23(27)35)25(33-21)31-12-19-11-29-22(13-28-19)16-8-17-10-32-34-24(17)30-9-16/h2-11,13-14H,12H2,1H3,(H2,27,35)(H,31,33)(H,30,32,34)/t14-/m0/s1. The topological polar surface area (TPSA) is 135 Å². The van der Waals surface area contributed by atoms with Crippen LogP contribution in [0.25, 0.3) is 22.3 Å². The Bertz CT molecular complexity index is 1500.